The van der Waals surface area contributed by atoms with E-state index in [0.717, 1.165) is 25.9 Å². The highest BCUT2D eigenvalue weighted by atomic mass is 35.5. The first-order valence-electron chi connectivity index (χ1n) is 8.31. The molecular weight excluding hydrogens is 324 g/mol. The Labute approximate surface area is 147 Å². The van der Waals surface area contributed by atoms with Gasteiger partial charge in [0.05, 0.1) is 10.7 Å². The quantitative estimate of drug-likeness (QED) is 0.794. The number of nitrogens with one attached hydrogen (secondary N) is 1. The van der Waals surface area contributed by atoms with Crippen LogP contribution in [0.25, 0.3) is 0 Å². The second-order valence-corrected chi connectivity index (χ2v) is 6.27. The van der Waals surface area contributed by atoms with Crippen molar-refractivity contribution >= 4 is 23.3 Å². The van der Waals surface area contributed by atoms with Crippen molar-refractivity contribution in [3.8, 4) is 11.5 Å². The van der Waals surface area contributed by atoms with Crippen molar-refractivity contribution in [1.82, 2.24) is 4.90 Å². The molecule has 1 aliphatic heterocycles. The predicted octanol–water partition coefficient (Wildman–Crippen LogP) is 5.54. The fraction of sp³-hybridized carbons (Fsp3) is 0.316. The van der Waals surface area contributed by atoms with Gasteiger partial charge in [-0.2, -0.15) is 0 Å². The predicted molar refractivity (Wildman–Crippen MR) is 97.0 cm³/mol. The first-order valence-corrected chi connectivity index (χ1v) is 8.69. The van der Waals surface area contributed by atoms with Crippen LogP contribution in [0.15, 0.2) is 48.5 Å². The SMILES string of the molecule is O=C(Nc1ccccc1Oc1ccccc1Cl)N1CCCCCC1. The minimum Gasteiger partial charge on any atom is -0.454 e. The fourth-order valence-corrected chi connectivity index (χ4v) is 2.95. The number of rotatable bonds is 3. The van der Waals surface area contributed by atoms with Gasteiger partial charge in [-0.1, -0.05) is 48.7 Å². The van der Waals surface area contributed by atoms with Gasteiger partial charge >= 0.3 is 6.03 Å². The van der Waals surface area contributed by atoms with Gasteiger partial charge < -0.3 is 15.0 Å². The third-order valence-electron chi connectivity index (χ3n) is 4.08. The molecule has 24 heavy (non-hydrogen) atoms. The van der Waals surface area contributed by atoms with Crippen LogP contribution in [0.2, 0.25) is 5.02 Å². The molecule has 0 radical (unpaired) electrons. The Morgan fingerprint density at radius 3 is 2.25 bits per heavy atom. The summed E-state index contributed by atoms with van der Waals surface area (Å²) in [4.78, 5) is 14.4. The number of halogens is 1. The maximum absolute atomic E-state index is 12.5. The van der Waals surface area contributed by atoms with E-state index in [1.54, 1.807) is 12.1 Å². The number of ether oxygens (including phenoxy) is 1. The van der Waals surface area contributed by atoms with Crippen molar-refractivity contribution in [2.75, 3.05) is 18.4 Å². The largest absolute Gasteiger partial charge is 0.454 e. The number of amides is 2. The summed E-state index contributed by atoms with van der Waals surface area (Å²) in [5.74, 6) is 1.14. The molecule has 0 aliphatic carbocycles. The van der Waals surface area contributed by atoms with Crippen LogP contribution in [0.3, 0.4) is 0 Å². The Balaban J connectivity index is 1.74. The Hall–Kier alpha value is -2.20. The van der Waals surface area contributed by atoms with Gasteiger partial charge in [0.15, 0.2) is 5.75 Å². The van der Waals surface area contributed by atoms with E-state index in [9.17, 15) is 4.79 Å². The van der Waals surface area contributed by atoms with Crippen molar-refractivity contribution in [2.24, 2.45) is 0 Å². The van der Waals surface area contributed by atoms with Crippen molar-refractivity contribution < 1.29 is 9.53 Å². The summed E-state index contributed by atoms with van der Waals surface area (Å²) in [6.07, 6.45) is 4.50. The first-order chi connectivity index (χ1) is 11.7. The Kier molecular flexibility index (Phi) is 5.59. The number of carbonyl (C=O) groups excluding carboxylic acids is 1. The van der Waals surface area contributed by atoms with Gasteiger partial charge in [0.25, 0.3) is 0 Å². The zero-order valence-corrected chi connectivity index (χ0v) is 14.3. The number of benzene rings is 2. The van der Waals surface area contributed by atoms with Crippen LogP contribution in [-0.4, -0.2) is 24.0 Å². The number of anilines is 1. The highest BCUT2D eigenvalue weighted by molar-refractivity contribution is 6.32. The van der Waals surface area contributed by atoms with E-state index < -0.39 is 0 Å². The Morgan fingerprint density at radius 2 is 1.54 bits per heavy atom. The Morgan fingerprint density at radius 1 is 0.917 bits per heavy atom. The molecule has 0 unspecified atom stereocenters. The minimum absolute atomic E-state index is 0.0768. The molecule has 2 aromatic carbocycles. The molecule has 0 saturated carbocycles. The summed E-state index contributed by atoms with van der Waals surface area (Å²) in [7, 11) is 0. The minimum atomic E-state index is -0.0768. The average Bonchev–Trinajstić information content (AvgIpc) is 2.88. The van der Waals surface area contributed by atoms with Crippen LogP contribution in [0.1, 0.15) is 25.7 Å². The number of likely N-dealkylation sites (tertiary alicyclic amines) is 1. The molecule has 3 rings (SSSR count). The normalized spacial score (nSPS) is 14.8. The smallest absolute Gasteiger partial charge is 0.321 e. The lowest BCUT2D eigenvalue weighted by atomic mass is 10.2. The van der Waals surface area contributed by atoms with E-state index >= 15 is 0 Å². The summed E-state index contributed by atoms with van der Waals surface area (Å²) < 4.78 is 5.89. The Bertz CT molecular complexity index is 697. The monoisotopic (exact) mass is 344 g/mol. The summed E-state index contributed by atoms with van der Waals surface area (Å²) in [6.45, 7) is 1.61. The second-order valence-electron chi connectivity index (χ2n) is 5.86. The van der Waals surface area contributed by atoms with Gasteiger partial charge in [-0.25, -0.2) is 4.79 Å². The molecular formula is C19H21ClN2O2. The van der Waals surface area contributed by atoms with E-state index in [1.807, 2.05) is 41.3 Å². The molecule has 0 aromatic heterocycles. The van der Waals surface area contributed by atoms with E-state index in [2.05, 4.69) is 5.32 Å². The molecule has 0 bridgehead atoms. The molecule has 2 aromatic rings. The second kappa shape index (κ2) is 8.06. The summed E-state index contributed by atoms with van der Waals surface area (Å²) in [5, 5.41) is 3.50. The van der Waals surface area contributed by atoms with Gasteiger partial charge in [0, 0.05) is 13.1 Å². The van der Waals surface area contributed by atoms with Crippen molar-refractivity contribution in [2.45, 2.75) is 25.7 Å². The number of para-hydroxylation sites is 3. The number of hydrogen-bond acceptors (Lipinski definition) is 2. The lowest BCUT2D eigenvalue weighted by Crippen LogP contribution is -2.35. The van der Waals surface area contributed by atoms with Gasteiger partial charge in [-0.05, 0) is 37.1 Å². The molecule has 1 heterocycles. The number of hydrogen-bond donors (Lipinski definition) is 1. The third kappa shape index (κ3) is 4.20. The maximum atomic E-state index is 12.5. The van der Waals surface area contributed by atoms with Crippen LogP contribution in [0.4, 0.5) is 10.5 Å². The molecule has 4 nitrogen and oxygen atoms in total. The van der Waals surface area contributed by atoms with Crippen LogP contribution >= 0.6 is 11.6 Å². The maximum Gasteiger partial charge on any atom is 0.321 e. The van der Waals surface area contributed by atoms with E-state index in [1.165, 1.54) is 12.8 Å². The standard InChI is InChI=1S/C19H21ClN2O2/c20-15-9-3-5-11-17(15)24-18-12-6-4-10-16(18)21-19(23)22-13-7-1-2-8-14-22/h3-6,9-12H,1-2,7-8,13-14H2,(H,21,23). The van der Waals surface area contributed by atoms with E-state index in [0.29, 0.717) is 22.2 Å². The highest BCUT2D eigenvalue weighted by Crippen LogP contribution is 2.33. The summed E-state index contributed by atoms with van der Waals surface area (Å²) in [5.41, 5.74) is 0.645. The molecule has 0 atom stereocenters. The lowest BCUT2D eigenvalue weighted by Gasteiger charge is -2.21. The van der Waals surface area contributed by atoms with Crippen molar-refractivity contribution in [3.63, 3.8) is 0 Å². The van der Waals surface area contributed by atoms with Crippen LogP contribution in [0.5, 0.6) is 11.5 Å². The number of urea groups is 1. The highest BCUT2D eigenvalue weighted by Gasteiger charge is 2.17. The summed E-state index contributed by atoms with van der Waals surface area (Å²) in [6, 6.07) is 14.6. The van der Waals surface area contributed by atoms with Crippen LogP contribution in [0, 0.1) is 0 Å². The molecule has 2 amide bonds. The van der Waals surface area contributed by atoms with Crippen molar-refractivity contribution in [3.05, 3.63) is 53.6 Å². The number of carbonyl (C=O) groups is 1. The zero-order chi connectivity index (χ0) is 16.8. The molecule has 0 spiro atoms. The fourth-order valence-electron chi connectivity index (χ4n) is 2.77. The first kappa shape index (κ1) is 16.7. The zero-order valence-electron chi connectivity index (χ0n) is 13.5. The van der Waals surface area contributed by atoms with Crippen molar-refractivity contribution in [1.29, 1.82) is 0 Å². The van der Waals surface area contributed by atoms with Gasteiger partial charge in [-0.15, -0.1) is 0 Å². The van der Waals surface area contributed by atoms with Gasteiger partial charge in [0.1, 0.15) is 5.75 Å². The third-order valence-corrected chi connectivity index (χ3v) is 4.39. The topological polar surface area (TPSA) is 41.6 Å². The molecule has 1 aliphatic rings. The van der Waals surface area contributed by atoms with Crippen LogP contribution in [-0.2, 0) is 0 Å². The average molecular weight is 345 g/mol. The molecule has 126 valence electrons. The van der Waals surface area contributed by atoms with Gasteiger partial charge in [-0.3, -0.25) is 0 Å². The van der Waals surface area contributed by atoms with Crippen LogP contribution < -0.4 is 10.1 Å². The van der Waals surface area contributed by atoms with Gasteiger partial charge in [0.2, 0.25) is 0 Å². The summed E-state index contributed by atoms with van der Waals surface area (Å²) >= 11 is 6.15. The van der Waals surface area contributed by atoms with E-state index in [-0.39, 0.29) is 6.03 Å². The molecule has 5 heteroatoms. The molecule has 1 saturated heterocycles. The number of nitrogens with zero attached hydrogens (tertiary/aromatic N) is 1. The molecule has 1 fully saturated rings. The molecule has 1 N–H and O–H groups in total. The lowest BCUT2D eigenvalue weighted by molar-refractivity contribution is 0.213. The van der Waals surface area contributed by atoms with E-state index in [4.69, 9.17) is 16.3 Å².